The molecule has 0 heterocycles. The van der Waals surface area contributed by atoms with Crippen LogP contribution in [0.4, 0.5) is 10.5 Å². The van der Waals surface area contributed by atoms with Crippen molar-refractivity contribution in [3.63, 3.8) is 0 Å². The molecule has 0 aliphatic heterocycles. The number of ether oxygens (including phenoxy) is 2. The summed E-state index contributed by atoms with van der Waals surface area (Å²) in [5, 5.41) is 5.20. The number of carbonyl (C=O) groups is 3. The van der Waals surface area contributed by atoms with Crippen LogP contribution < -0.4 is 20.3 Å². The highest BCUT2D eigenvalue weighted by atomic mass is 35.5. The van der Waals surface area contributed by atoms with E-state index < -0.39 is 12.0 Å². The lowest BCUT2D eigenvalue weighted by Crippen LogP contribution is -3.14. The van der Waals surface area contributed by atoms with Gasteiger partial charge in [0.2, 0.25) is 0 Å². The number of nitrogens with one attached hydrogen (secondary N) is 3. The molecule has 3 amide bonds. The van der Waals surface area contributed by atoms with Gasteiger partial charge in [-0.1, -0.05) is 11.6 Å². The second-order valence-electron chi connectivity index (χ2n) is 5.12. The zero-order valence-electron chi connectivity index (χ0n) is 14.5. The average molecular weight is 373 g/mol. The van der Waals surface area contributed by atoms with E-state index in [1.807, 2.05) is 6.92 Å². The van der Waals surface area contributed by atoms with Crippen LogP contribution >= 0.6 is 11.6 Å². The molecular weight excluding hydrogens is 350 g/mol. The molecule has 1 rings (SSSR count). The Morgan fingerprint density at radius 3 is 2.40 bits per heavy atom. The minimum Gasteiger partial charge on any atom is -0.495 e. The number of rotatable bonds is 8. The first-order valence-corrected chi connectivity index (χ1v) is 8.20. The molecule has 0 aliphatic carbocycles. The molecule has 0 spiro atoms. The van der Waals surface area contributed by atoms with E-state index in [1.54, 1.807) is 25.1 Å². The Kier molecular flexibility index (Phi) is 8.73. The summed E-state index contributed by atoms with van der Waals surface area (Å²) in [6.07, 6.45) is -0.791. The Morgan fingerprint density at radius 2 is 1.84 bits per heavy atom. The van der Waals surface area contributed by atoms with Gasteiger partial charge < -0.3 is 19.7 Å². The lowest BCUT2D eigenvalue weighted by molar-refractivity contribution is -0.881. The molecule has 25 heavy (non-hydrogen) atoms. The van der Waals surface area contributed by atoms with Crippen LogP contribution in [0.5, 0.6) is 5.75 Å². The fraction of sp³-hybridized carbons (Fsp3) is 0.438. The van der Waals surface area contributed by atoms with E-state index in [0.29, 0.717) is 27.9 Å². The number of hydrogen-bond donors (Lipinski definition) is 3. The van der Waals surface area contributed by atoms with Gasteiger partial charge in [0.05, 0.1) is 25.3 Å². The zero-order valence-corrected chi connectivity index (χ0v) is 15.2. The maximum atomic E-state index is 12.1. The van der Waals surface area contributed by atoms with Crippen molar-refractivity contribution in [1.82, 2.24) is 5.32 Å². The highest BCUT2D eigenvalue weighted by molar-refractivity contribution is 6.32. The van der Waals surface area contributed by atoms with Crippen molar-refractivity contribution in [2.75, 3.05) is 38.7 Å². The highest BCUT2D eigenvalue weighted by Gasteiger charge is 2.19. The number of amides is 3. The van der Waals surface area contributed by atoms with E-state index in [-0.39, 0.29) is 25.6 Å². The Hall–Kier alpha value is -2.32. The van der Waals surface area contributed by atoms with Crippen molar-refractivity contribution >= 4 is 35.2 Å². The summed E-state index contributed by atoms with van der Waals surface area (Å²) in [5.41, 5.74) is 0.530. The monoisotopic (exact) mass is 372 g/mol. The SMILES string of the molecule is CCOC(=O)NC(=O)C[NH+](CC)CC(=O)Nc1ccc(OC)c(Cl)c1. The molecule has 0 aliphatic rings. The summed E-state index contributed by atoms with van der Waals surface area (Å²) < 4.78 is 9.68. The van der Waals surface area contributed by atoms with Gasteiger partial charge in [0.15, 0.2) is 13.1 Å². The number of anilines is 1. The first-order chi connectivity index (χ1) is 11.9. The van der Waals surface area contributed by atoms with Gasteiger partial charge in [-0.3, -0.25) is 14.9 Å². The number of alkyl carbamates (subject to hydrolysis) is 1. The quantitative estimate of drug-likeness (QED) is 0.616. The third-order valence-electron chi connectivity index (χ3n) is 3.27. The van der Waals surface area contributed by atoms with E-state index in [0.717, 1.165) is 0 Å². The standard InChI is InChI=1S/C16H22ClN3O5/c1-4-20(10-15(22)19-16(23)25-5-2)9-14(21)18-11-6-7-13(24-3)12(17)8-11/h6-8H,4-5,9-10H2,1-3H3,(H,18,21)(H,19,22,23)/p+1. The first kappa shape index (κ1) is 20.7. The van der Waals surface area contributed by atoms with Crippen LogP contribution in [-0.2, 0) is 14.3 Å². The number of methoxy groups -OCH3 is 1. The van der Waals surface area contributed by atoms with E-state index in [1.165, 1.54) is 7.11 Å². The molecule has 8 nitrogen and oxygen atoms in total. The molecule has 1 aromatic carbocycles. The third-order valence-corrected chi connectivity index (χ3v) is 3.57. The van der Waals surface area contributed by atoms with Gasteiger partial charge in [0.25, 0.3) is 11.8 Å². The van der Waals surface area contributed by atoms with E-state index >= 15 is 0 Å². The van der Waals surface area contributed by atoms with Crippen LogP contribution in [0, 0.1) is 0 Å². The lowest BCUT2D eigenvalue weighted by Gasteiger charge is -2.16. The van der Waals surface area contributed by atoms with Crippen molar-refractivity contribution in [3.8, 4) is 5.75 Å². The number of quaternary nitrogens is 1. The summed E-state index contributed by atoms with van der Waals surface area (Å²) in [6.45, 7) is 4.24. The first-order valence-electron chi connectivity index (χ1n) is 7.83. The van der Waals surface area contributed by atoms with Crippen LogP contribution in [0.1, 0.15) is 13.8 Å². The Labute approximate surface area is 151 Å². The molecule has 3 N–H and O–H groups in total. The predicted molar refractivity (Wildman–Crippen MR) is 93.0 cm³/mol. The Balaban J connectivity index is 2.54. The summed E-state index contributed by atoms with van der Waals surface area (Å²) in [7, 11) is 1.50. The molecule has 1 aromatic rings. The number of carbonyl (C=O) groups excluding carboxylic acids is 3. The molecule has 1 unspecified atom stereocenters. The van der Waals surface area contributed by atoms with Crippen molar-refractivity contribution in [2.24, 2.45) is 0 Å². The number of hydrogen-bond acceptors (Lipinski definition) is 5. The lowest BCUT2D eigenvalue weighted by atomic mass is 10.3. The van der Waals surface area contributed by atoms with Crippen molar-refractivity contribution < 1.29 is 28.8 Å². The van der Waals surface area contributed by atoms with E-state index in [9.17, 15) is 14.4 Å². The largest absolute Gasteiger partial charge is 0.495 e. The molecule has 0 saturated heterocycles. The Bertz CT molecular complexity index is 624. The molecule has 0 radical (unpaired) electrons. The van der Waals surface area contributed by atoms with Crippen LogP contribution in [0.3, 0.4) is 0 Å². The second kappa shape index (κ2) is 10.5. The summed E-state index contributed by atoms with van der Waals surface area (Å²) >= 11 is 6.01. The molecule has 0 fully saturated rings. The van der Waals surface area contributed by atoms with Gasteiger partial charge >= 0.3 is 6.09 Å². The molecule has 9 heteroatoms. The van der Waals surface area contributed by atoms with Crippen LogP contribution in [0.2, 0.25) is 5.02 Å². The minimum atomic E-state index is -0.791. The molecule has 0 saturated carbocycles. The predicted octanol–water partition coefficient (Wildman–Crippen LogP) is 0.465. The third kappa shape index (κ3) is 7.40. The second-order valence-corrected chi connectivity index (χ2v) is 5.53. The van der Waals surface area contributed by atoms with Gasteiger partial charge in [-0.15, -0.1) is 0 Å². The zero-order chi connectivity index (χ0) is 18.8. The van der Waals surface area contributed by atoms with Crippen molar-refractivity contribution in [2.45, 2.75) is 13.8 Å². The fourth-order valence-electron chi connectivity index (χ4n) is 2.04. The summed E-state index contributed by atoms with van der Waals surface area (Å²) in [5.74, 6) is -0.270. The van der Waals surface area contributed by atoms with E-state index in [4.69, 9.17) is 16.3 Å². The number of imide groups is 1. The molecular formula is C16H23ClN3O5+. The molecule has 1 atom stereocenters. The molecule has 0 bridgehead atoms. The number of benzene rings is 1. The highest BCUT2D eigenvalue weighted by Crippen LogP contribution is 2.26. The van der Waals surface area contributed by atoms with Gasteiger partial charge in [0.1, 0.15) is 5.75 Å². The fourth-order valence-corrected chi connectivity index (χ4v) is 2.30. The number of likely N-dealkylation sites (N-methyl/N-ethyl adjacent to an activating group) is 1. The van der Waals surface area contributed by atoms with E-state index in [2.05, 4.69) is 15.4 Å². The Morgan fingerprint density at radius 1 is 1.16 bits per heavy atom. The minimum absolute atomic E-state index is 0.0217. The number of halogens is 1. The van der Waals surface area contributed by atoms with Gasteiger partial charge in [-0.05, 0) is 32.0 Å². The van der Waals surface area contributed by atoms with Crippen molar-refractivity contribution in [3.05, 3.63) is 23.2 Å². The average Bonchev–Trinajstić information content (AvgIpc) is 2.54. The van der Waals surface area contributed by atoms with Crippen LogP contribution in [-0.4, -0.2) is 51.3 Å². The van der Waals surface area contributed by atoms with Crippen molar-refractivity contribution in [1.29, 1.82) is 0 Å². The van der Waals surface area contributed by atoms with Gasteiger partial charge in [-0.25, -0.2) is 4.79 Å². The maximum absolute atomic E-state index is 12.1. The topological polar surface area (TPSA) is 98.2 Å². The molecule has 138 valence electrons. The van der Waals surface area contributed by atoms with Gasteiger partial charge in [-0.2, -0.15) is 0 Å². The summed E-state index contributed by atoms with van der Waals surface area (Å²) in [6, 6.07) is 4.90. The maximum Gasteiger partial charge on any atom is 0.414 e. The molecule has 0 aromatic heterocycles. The normalized spacial score (nSPS) is 11.4. The smallest absolute Gasteiger partial charge is 0.414 e. The summed E-state index contributed by atoms with van der Waals surface area (Å²) in [4.78, 5) is 35.8. The van der Waals surface area contributed by atoms with Crippen LogP contribution in [0.15, 0.2) is 18.2 Å². The van der Waals surface area contributed by atoms with Crippen LogP contribution in [0.25, 0.3) is 0 Å². The van der Waals surface area contributed by atoms with Gasteiger partial charge in [0, 0.05) is 5.69 Å².